The van der Waals surface area contributed by atoms with Crippen LogP contribution in [0.5, 0.6) is 11.5 Å². The summed E-state index contributed by atoms with van der Waals surface area (Å²) in [5.41, 5.74) is 4.67. The third-order valence-corrected chi connectivity index (χ3v) is 7.17. The van der Waals surface area contributed by atoms with Crippen molar-refractivity contribution >= 4 is 5.97 Å². The third-order valence-electron chi connectivity index (χ3n) is 7.17. The molecule has 0 saturated heterocycles. The van der Waals surface area contributed by atoms with Crippen molar-refractivity contribution in [3.63, 3.8) is 0 Å². The van der Waals surface area contributed by atoms with E-state index in [0.717, 1.165) is 48.1 Å². The van der Waals surface area contributed by atoms with Gasteiger partial charge in [0.05, 0.1) is 13.5 Å². The highest BCUT2D eigenvalue weighted by atomic mass is 19.1. The zero-order chi connectivity index (χ0) is 25.5. The van der Waals surface area contributed by atoms with Crippen LogP contribution in [0.1, 0.15) is 80.4 Å². The van der Waals surface area contributed by atoms with E-state index in [2.05, 4.69) is 13.0 Å². The molecule has 36 heavy (non-hydrogen) atoms. The largest absolute Gasteiger partial charge is 0.497 e. The Morgan fingerprint density at radius 2 is 1.83 bits per heavy atom. The Labute approximate surface area is 213 Å². The molecular weight excluding hydrogens is 455 g/mol. The van der Waals surface area contributed by atoms with Crippen LogP contribution in [-0.2, 0) is 11.4 Å². The zero-order valence-electron chi connectivity index (χ0n) is 21.1. The number of hydrogen-bond acceptors (Lipinski definition) is 3. The van der Waals surface area contributed by atoms with E-state index in [-0.39, 0.29) is 18.2 Å². The van der Waals surface area contributed by atoms with Crippen LogP contribution in [0.2, 0.25) is 0 Å². The van der Waals surface area contributed by atoms with E-state index in [9.17, 15) is 14.3 Å². The molecule has 0 amide bonds. The van der Waals surface area contributed by atoms with Gasteiger partial charge in [-0.15, -0.1) is 0 Å². The fourth-order valence-electron chi connectivity index (χ4n) is 5.33. The van der Waals surface area contributed by atoms with Gasteiger partial charge in [0.1, 0.15) is 23.9 Å². The molecule has 5 heteroatoms. The normalized spacial score (nSPS) is 14.5. The molecule has 0 radical (unpaired) electrons. The molecule has 0 bridgehead atoms. The molecule has 0 unspecified atom stereocenters. The molecule has 190 valence electrons. The first-order valence-electron chi connectivity index (χ1n) is 12.9. The van der Waals surface area contributed by atoms with E-state index in [4.69, 9.17) is 9.47 Å². The second kappa shape index (κ2) is 12.1. The lowest BCUT2D eigenvalue weighted by atomic mass is 9.88. The molecule has 3 aromatic rings. The topological polar surface area (TPSA) is 55.8 Å². The lowest BCUT2D eigenvalue weighted by molar-refractivity contribution is -0.137. The van der Waals surface area contributed by atoms with Crippen molar-refractivity contribution in [2.24, 2.45) is 0 Å². The van der Waals surface area contributed by atoms with Gasteiger partial charge in [-0.25, -0.2) is 4.39 Å². The van der Waals surface area contributed by atoms with Gasteiger partial charge in [-0.1, -0.05) is 56.5 Å². The van der Waals surface area contributed by atoms with Crippen molar-refractivity contribution < 1.29 is 23.8 Å². The van der Waals surface area contributed by atoms with Crippen LogP contribution >= 0.6 is 0 Å². The predicted molar refractivity (Wildman–Crippen MR) is 140 cm³/mol. The lowest BCUT2D eigenvalue weighted by Gasteiger charge is -2.19. The summed E-state index contributed by atoms with van der Waals surface area (Å²) < 4.78 is 26.3. The van der Waals surface area contributed by atoms with Crippen molar-refractivity contribution in [1.29, 1.82) is 0 Å². The SMILES string of the molecule is CCC[C@@H](CC(=O)O)c1cccc(OCc2ccc(-c3cc(OC)ccc3F)c(C3CCCC3)c2)c1. The Kier molecular flexibility index (Phi) is 8.63. The average molecular weight is 491 g/mol. The van der Waals surface area contributed by atoms with Crippen molar-refractivity contribution in [1.82, 2.24) is 0 Å². The smallest absolute Gasteiger partial charge is 0.303 e. The minimum absolute atomic E-state index is 0.0259. The summed E-state index contributed by atoms with van der Waals surface area (Å²) >= 11 is 0. The van der Waals surface area contributed by atoms with Gasteiger partial charge >= 0.3 is 5.97 Å². The van der Waals surface area contributed by atoms with Crippen molar-refractivity contribution in [3.8, 4) is 22.6 Å². The highest BCUT2D eigenvalue weighted by Crippen LogP contribution is 2.41. The van der Waals surface area contributed by atoms with Crippen LogP contribution in [0.15, 0.2) is 60.7 Å². The van der Waals surface area contributed by atoms with E-state index in [0.29, 0.717) is 23.8 Å². The zero-order valence-corrected chi connectivity index (χ0v) is 21.1. The van der Waals surface area contributed by atoms with Gasteiger partial charge in [0.25, 0.3) is 0 Å². The highest BCUT2D eigenvalue weighted by Gasteiger charge is 2.23. The van der Waals surface area contributed by atoms with E-state index in [1.54, 1.807) is 19.2 Å². The van der Waals surface area contributed by atoms with Crippen LogP contribution < -0.4 is 9.47 Å². The van der Waals surface area contributed by atoms with Crippen LogP contribution in [0.3, 0.4) is 0 Å². The van der Waals surface area contributed by atoms with Crippen molar-refractivity contribution in [3.05, 3.63) is 83.2 Å². The molecule has 4 rings (SSSR count). The minimum Gasteiger partial charge on any atom is -0.497 e. The van der Waals surface area contributed by atoms with Crippen LogP contribution in [0.25, 0.3) is 11.1 Å². The Balaban J connectivity index is 1.58. The van der Waals surface area contributed by atoms with E-state index in [1.165, 1.54) is 24.5 Å². The highest BCUT2D eigenvalue weighted by molar-refractivity contribution is 5.71. The Hall–Kier alpha value is -3.34. The summed E-state index contributed by atoms with van der Waals surface area (Å²) in [4.78, 5) is 11.3. The number of rotatable bonds is 11. The molecule has 4 nitrogen and oxygen atoms in total. The van der Waals surface area contributed by atoms with Gasteiger partial charge < -0.3 is 14.6 Å². The Bertz CT molecular complexity index is 1180. The molecule has 1 atom stereocenters. The number of aliphatic carboxylic acids is 1. The van der Waals surface area contributed by atoms with Gasteiger partial charge in [0.15, 0.2) is 0 Å². The minimum atomic E-state index is -0.785. The summed E-state index contributed by atoms with van der Waals surface area (Å²) in [5, 5.41) is 9.30. The van der Waals surface area contributed by atoms with Crippen molar-refractivity contribution in [2.75, 3.05) is 7.11 Å². The van der Waals surface area contributed by atoms with Gasteiger partial charge in [0.2, 0.25) is 0 Å². The molecule has 1 saturated carbocycles. The predicted octanol–water partition coefficient (Wildman–Crippen LogP) is 8.10. The van der Waals surface area contributed by atoms with Gasteiger partial charge in [0, 0.05) is 5.56 Å². The van der Waals surface area contributed by atoms with E-state index < -0.39 is 5.97 Å². The number of hydrogen-bond donors (Lipinski definition) is 1. The number of halogens is 1. The monoisotopic (exact) mass is 490 g/mol. The molecule has 1 N–H and O–H groups in total. The first kappa shape index (κ1) is 25.7. The Morgan fingerprint density at radius 3 is 2.56 bits per heavy atom. The van der Waals surface area contributed by atoms with Crippen LogP contribution in [0.4, 0.5) is 4.39 Å². The second-order valence-corrected chi connectivity index (χ2v) is 9.69. The number of carboxylic acids is 1. The quantitative estimate of drug-likeness (QED) is 0.295. The van der Waals surface area contributed by atoms with Crippen molar-refractivity contribution in [2.45, 2.75) is 70.3 Å². The molecule has 1 aliphatic rings. The lowest BCUT2D eigenvalue weighted by Crippen LogP contribution is -2.07. The number of ether oxygens (including phenoxy) is 2. The summed E-state index contributed by atoms with van der Waals surface area (Å²) in [6.45, 7) is 2.46. The number of methoxy groups -OCH3 is 1. The standard InChI is InChI=1S/C31H35FO4/c1-3-7-23(18-31(33)34)24-10-6-11-26(17-24)36-20-21-12-14-27(28(16-21)22-8-4-5-9-22)29-19-25(35-2)13-15-30(29)32/h6,10-17,19,22-23H,3-5,7-9,18,20H2,1-2H3,(H,33,34)/t23-/m0/s1. The molecule has 1 fully saturated rings. The average Bonchev–Trinajstić information content (AvgIpc) is 3.42. The molecule has 0 aliphatic heterocycles. The van der Waals surface area contributed by atoms with Gasteiger partial charge in [-0.05, 0) is 83.7 Å². The summed E-state index contributed by atoms with van der Waals surface area (Å²) in [7, 11) is 1.59. The molecule has 0 aromatic heterocycles. The second-order valence-electron chi connectivity index (χ2n) is 9.69. The molecule has 0 heterocycles. The van der Waals surface area contributed by atoms with Gasteiger partial charge in [-0.2, -0.15) is 0 Å². The summed E-state index contributed by atoms with van der Waals surface area (Å²) in [5.74, 6) is 0.706. The molecule has 0 spiro atoms. The number of carbonyl (C=O) groups is 1. The molecule has 3 aromatic carbocycles. The Morgan fingerprint density at radius 1 is 1.03 bits per heavy atom. The van der Waals surface area contributed by atoms with E-state index >= 15 is 0 Å². The number of benzene rings is 3. The van der Waals surface area contributed by atoms with Gasteiger partial charge in [-0.3, -0.25) is 4.79 Å². The number of carboxylic acid groups (broad SMARTS) is 1. The fraction of sp³-hybridized carbons (Fsp3) is 0.387. The molecule has 1 aliphatic carbocycles. The third kappa shape index (κ3) is 6.26. The maximum absolute atomic E-state index is 14.8. The van der Waals surface area contributed by atoms with Crippen LogP contribution in [-0.4, -0.2) is 18.2 Å². The maximum Gasteiger partial charge on any atom is 0.303 e. The molecular formula is C31H35FO4. The van der Waals surface area contributed by atoms with E-state index in [1.807, 2.05) is 36.4 Å². The fourth-order valence-corrected chi connectivity index (χ4v) is 5.33. The first-order valence-corrected chi connectivity index (χ1v) is 12.9. The summed E-state index contributed by atoms with van der Waals surface area (Å²) in [6.07, 6.45) is 6.45. The first-order chi connectivity index (χ1) is 17.5. The van der Waals surface area contributed by atoms with Crippen LogP contribution in [0, 0.1) is 5.82 Å². The maximum atomic E-state index is 14.8. The summed E-state index contributed by atoms with van der Waals surface area (Å²) in [6, 6.07) is 18.8.